The van der Waals surface area contributed by atoms with Crippen LogP contribution in [0.3, 0.4) is 0 Å². The third kappa shape index (κ3) is 4.55. The van der Waals surface area contributed by atoms with Gasteiger partial charge in [0.05, 0.1) is 6.61 Å². The zero-order valence-electron chi connectivity index (χ0n) is 15.0. The highest BCUT2D eigenvalue weighted by Gasteiger charge is 2.18. The number of carbonyl (C=O) groups excluding carboxylic acids is 1. The maximum absolute atomic E-state index is 12.7. The maximum atomic E-state index is 12.7. The van der Waals surface area contributed by atoms with Gasteiger partial charge in [0.15, 0.2) is 5.78 Å². The van der Waals surface area contributed by atoms with Gasteiger partial charge in [0.25, 0.3) is 0 Å². The lowest BCUT2D eigenvalue weighted by Crippen LogP contribution is -2.44. The third-order valence-electron chi connectivity index (χ3n) is 4.65. The van der Waals surface area contributed by atoms with Crippen molar-refractivity contribution in [2.75, 3.05) is 39.3 Å². The summed E-state index contributed by atoms with van der Waals surface area (Å²) < 4.78 is 5.81. The Morgan fingerprint density at radius 1 is 1.22 bits per heavy atom. The van der Waals surface area contributed by atoms with Crippen molar-refractivity contribution in [3.8, 4) is 5.75 Å². The molecule has 1 aliphatic heterocycles. The molecular weight excluding hydrogens is 288 g/mol. The molecule has 4 heteroatoms. The lowest BCUT2D eigenvalue weighted by Gasteiger charge is -2.27. The first kappa shape index (κ1) is 18.0. The van der Waals surface area contributed by atoms with Gasteiger partial charge in [-0.2, -0.15) is 0 Å². The van der Waals surface area contributed by atoms with E-state index in [2.05, 4.69) is 17.1 Å². The quantitative estimate of drug-likeness (QED) is 0.785. The predicted molar refractivity (Wildman–Crippen MR) is 94.7 cm³/mol. The first-order chi connectivity index (χ1) is 11.0. The summed E-state index contributed by atoms with van der Waals surface area (Å²) in [5.74, 6) is 1.17. The fourth-order valence-electron chi connectivity index (χ4n) is 3.16. The number of ketones is 1. The molecule has 23 heavy (non-hydrogen) atoms. The SMILES string of the molecule is CCCOc1cc(C)c(C(=O)CCN2CCNCC2)c(C)c1C. The molecule has 0 aromatic heterocycles. The minimum absolute atomic E-state index is 0.253. The van der Waals surface area contributed by atoms with Crippen LogP contribution in [0.4, 0.5) is 0 Å². The van der Waals surface area contributed by atoms with Crippen LogP contribution < -0.4 is 10.1 Å². The highest BCUT2D eigenvalue weighted by atomic mass is 16.5. The molecule has 1 aromatic rings. The summed E-state index contributed by atoms with van der Waals surface area (Å²) in [7, 11) is 0. The van der Waals surface area contributed by atoms with Crippen LogP contribution >= 0.6 is 0 Å². The van der Waals surface area contributed by atoms with Gasteiger partial charge in [-0.3, -0.25) is 4.79 Å². The van der Waals surface area contributed by atoms with Gasteiger partial charge in [0.2, 0.25) is 0 Å². The standard InChI is InChI=1S/C19H30N2O2/c1-5-12-23-18-13-14(2)19(16(4)15(18)3)17(22)6-9-21-10-7-20-8-11-21/h13,20H,5-12H2,1-4H3. The molecule has 0 aliphatic carbocycles. The van der Waals surface area contributed by atoms with E-state index < -0.39 is 0 Å². The summed E-state index contributed by atoms with van der Waals surface area (Å²) in [6, 6.07) is 2.02. The molecule has 4 nitrogen and oxygen atoms in total. The summed E-state index contributed by atoms with van der Waals surface area (Å²) >= 11 is 0. The molecule has 1 aliphatic rings. The molecule has 128 valence electrons. The van der Waals surface area contributed by atoms with E-state index in [1.807, 2.05) is 26.8 Å². The number of piperazine rings is 1. The highest BCUT2D eigenvalue weighted by Crippen LogP contribution is 2.28. The number of Topliss-reactive ketones (excluding diaryl/α,β-unsaturated/α-hetero) is 1. The number of benzene rings is 1. The number of nitrogens with zero attached hydrogens (tertiary/aromatic N) is 1. The van der Waals surface area contributed by atoms with E-state index in [1.165, 1.54) is 0 Å². The molecule has 1 heterocycles. The van der Waals surface area contributed by atoms with E-state index in [0.717, 1.165) is 73.8 Å². The fourth-order valence-corrected chi connectivity index (χ4v) is 3.16. The van der Waals surface area contributed by atoms with E-state index >= 15 is 0 Å². The Kier molecular flexibility index (Phi) is 6.60. The van der Waals surface area contributed by atoms with Gasteiger partial charge >= 0.3 is 0 Å². The smallest absolute Gasteiger partial charge is 0.164 e. The monoisotopic (exact) mass is 318 g/mol. The van der Waals surface area contributed by atoms with Crippen molar-refractivity contribution in [1.82, 2.24) is 10.2 Å². The first-order valence-corrected chi connectivity index (χ1v) is 8.74. The molecule has 0 amide bonds. The topological polar surface area (TPSA) is 41.6 Å². The molecular formula is C19H30N2O2. The Bertz CT molecular complexity index is 549. The number of hydrogen-bond acceptors (Lipinski definition) is 4. The Labute approximate surface area is 140 Å². The minimum atomic E-state index is 0.253. The van der Waals surface area contributed by atoms with Crippen LogP contribution in [0.2, 0.25) is 0 Å². The third-order valence-corrected chi connectivity index (χ3v) is 4.65. The van der Waals surface area contributed by atoms with Gasteiger partial charge in [-0.05, 0) is 49.9 Å². The van der Waals surface area contributed by atoms with Gasteiger partial charge in [-0.1, -0.05) is 6.92 Å². The number of aryl methyl sites for hydroxylation is 1. The molecule has 0 bridgehead atoms. The summed E-state index contributed by atoms with van der Waals surface area (Å²) in [6.07, 6.45) is 1.58. The van der Waals surface area contributed by atoms with Crippen molar-refractivity contribution in [3.05, 3.63) is 28.3 Å². The second-order valence-corrected chi connectivity index (χ2v) is 6.43. The number of ether oxygens (including phenoxy) is 1. The molecule has 1 N–H and O–H groups in total. The van der Waals surface area contributed by atoms with Crippen LogP contribution in [0, 0.1) is 20.8 Å². The molecule has 0 spiro atoms. The van der Waals surface area contributed by atoms with Crippen molar-refractivity contribution >= 4 is 5.78 Å². The highest BCUT2D eigenvalue weighted by molar-refractivity contribution is 5.99. The second kappa shape index (κ2) is 8.46. The van der Waals surface area contributed by atoms with Gasteiger partial charge in [0.1, 0.15) is 5.75 Å². The summed E-state index contributed by atoms with van der Waals surface area (Å²) in [6.45, 7) is 13.9. The van der Waals surface area contributed by atoms with Gasteiger partial charge in [-0.25, -0.2) is 0 Å². The molecule has 0 atom stereocenters. The van der Waals surface area contributed by atoms with Crippen LogP contribution in [-0.4, -0.2) is 50.0 Å². The molecule has 0 unspecified atom stereocenters. The first-order valence-electron chi connectivity index (χ1n) is 8.74. The second-order valence-electron chi connectivity index (χ2n) is 6.43. The van der Waals surface area contributed by atoms with Crippen LogP contribution in [-0.2, 0) is 0 Å². The Morgan fingerprint density at radius 2 is 1.91 bits per heavy atom. The maximum Gasteiger partial charge on any atom is 0.164 e. The van der Waals surface area contributed by atoms with Crippen molar-refractivity contribution < 1.29 is 9.53 Å². The van der Waals surface area contributed by atoms with E-state index in [0.29, 0.717) is 6.42 Å². The van der Waals surface area contributed by atoms with Crippen molar-refractivity contribution in [1.29, 1.82) is 0 Å². The van der Waals surface area contributed by atoms with E-state index in [1.54, 1.807) is 0 Å². The van der Waals surface area contributed by atoms with Crippen molar-refractivity contribution in [2.24, 2.45) is 0 Å². The largest absolute Gasteiger partial charge is 0.493 e. The predicted octanol–water partition coefficient (Wildman–Crippen LogP) is 2.88. The molecule has 1 saturated heterocycles. The molecule has 0 radical (unpaired) electrons. The molecule has 0 saturated carbocycles. The number of rotatable bonds is 7. The summed E-state index contributed by atoms with van der Waals surface area (Å²) in [5.41, 5.74) is 4.09. The lowest BCUT2D eigenvalue weighted by atomic mass is 9.93. The van der Waals surface area contributed by atoms with E-state index in [4.69, 9.17) is 4.74 Å². The zero-order valence-corrected chi connectivity index (χ0v) is 15.0. The average Bonchev–Trinajstić information content (AvgIpc) is 2.56. The van der Waals surface area contributed by atoms with Crippen LogP contribution in [0.1, 0.15) is 46.8 Å². The minimum Gasteiger partial charge on any atom is -0.493 e. The van der Waals surface area contributed by atoms with Crippen molar-refractivity contribution in [3.63, 3.8) is 0 Å². The van der Waals surface area contributed by atoms with E-state index in [-0.39, 0.29) is 5.78 Å². The van der Waals surface area contributed by atoms with Crippen LogP contribution in [0.15, 0.2) is 6.07 Å². The average molecular weight is 318 g/mol. The lowest BCUT2D eigenvalue weighted by molar-refractivity contribution is 0.0959. The molecule has 1 aromatic carbocycles. The normalized spacial score (nSPS) is 15.7. The van der Waals surface area contributed by atoms with Gasteiger partial charge in [-0.15, -0.1) is 0 Å². The van der Waals surface area contributed by atoms with Crippen molar-refractivity contribution in [2.45, 2.75) is 40.5 Å². The summed E-state index contributed by atoms with van der Waals surface area (Å²) in [4.78, 5) is 15.1. The molecule has 1 fully saturated rings. The molecule has 2 rings (SSSR count). The summed E-state index contributed by atoms with van der Waals surface area (Å²) in [5, 5.41) is 3.34. The number of nitrogens with one attached hydrogen (secondary N) is 1. The zero-order chi connectivity index (χ0) is 16.8. The Balaban J connectivity index is 2.08. The number of carbonyl (C=O) groups is 1. The van der Waals surface area contributed by atoms with Crippen LogP contribution in [0.5, 0.6) is 5.75 Å². The van der Waals surface area contributed by atoms with E-state index in [9.17, 15) is 4.79 Å². The van der Waals surface area contributed by atoms with Gasteiger partial charge < -0.3 is 15.0 Å². The Morgan fingerprint density at radius 3 is 2.57 bits per heavy atom. The number of hydrogen-bond donors (Lipinski definition) is 1. The fraction of sp³-hybridized carbons (Fsp3) is 0.632. The Hall–Kier alpha value is -1.39. The van der Waals surface area contributed by atoms with Gasteiger partial charge in [0, 0.05) is 44.7 Å². The van der Waals surface area contributed by atoms with Crippen LogP contribution in [0.25, 0.3) is 0 Å².